The molecule has 18 heavy (non-hydrogen) atoms. The summed E-state index contributed by atoms with van der Waals surface area (Å²) in [6.07, 6.45) is 2.15. The van der Waals surface area contributed by atoms with E-state index in [1.165, 1.54) is 12.1 Å². The third kappa shape index (κ3) is 3.09. The molecule has 0 aliphatic carbocycles. The van der Waals surface area contributed by atoms with E-state index in [4.69, 9.17) is 5.11 Å². The van der Waals surface area contributed by atoms with Crippen molar-refractivity contribution in [2.24, 2.45) is 0 Å². The van der Waals surface area contributed by atoms with Gasteiger partial charge in [0.05, 0.1) is 6.42 Å². The summed E-state index contributed by atoms with van der Waals surface area (Å²) < 4.78 is 14.1. The number of carbonyl (C=O) groups is 1. The Kier molecular flexibility index (Phi) is 4.35. The molecule has 0 aromatic heterocycles. The summed E-state index contributed by atoms with van der Waals surface area (Å²) in [5.74, 6) is -1.19. The second-order valence-corrected chi connectivity index (χ2v) is 5.38. The highest BCUT2D eigenvalue weighted by molar-refractivity contribution is 9.10. The van der Waals surface area contributed by atoms with Crippen LogP contribution < -0.4 is 0 Å². The van der Waals surface area contributed by atoms with Crippen LogP contribution in [0, 0.1) is 5.82 Å². The van der Waals surface area contributed by atoms with Crippen LogP contribution in [-0.2, 0) is 4.79 Å². The van der Waals surface area contributed by atoms with E-state index < -0.39 is 5.97 Å². The lowest BCUT2D eigenvalue weighted by Gasteiger charge is -2.27. The summed E-state index contributed by atoms with van der Waals surface area (Å²) in [7, 11) is 0. The van der Waals surface area contributed by atoms with Crippen LogP contribution in [0.5, 0.6) is 0 Å². The minimum Gasteiger partial charge on any atom is -0.481 e. The summed E-state index contributed by atoms with van der Waals surface area (Å²) >= 11 is 3.38. The van der Waals surface area contributed by atoms with Crippen LogP contribution in [0.4, 0.5) is 4.39 Å². The summed E-state index contributed by atoms with van der Waals surface area (Å²) in [5.41, 5.74) is 0.722. The molecular formula is C13H15BrFNO2. The number of aliphatic carboxylic acids is 1. The summed E-state index contributed by atoms with van der Waals surface area (Å²) in [4.78, 5) is 13.1. The zero-order valence-electron chi connectivity index (χ0n) is 9.90. The number of hydrogen-bond donors (Lipinski definition) is 1. The van der Waals surface area contributed by atoms with Crippen LogP contribution in [0.3, 0.4) is 0 Å². The molecule has 2 rings (SSSR count). The number of nitrogens with zero attached hydrogens (tertiary/aromatic N) is 1. The first kappa shape index (κ1) is 13.5. The minimum absolute atomic E-state index is 0.00204. The van der Waals surface area contributed by atoms with Gasteiger partial charge in [0.25, 0.3) is 0 Å². The lowest BCUT2D eigenvalue weighted by Crippen LogP contribution is -2.28. The molecule has 0 saturated carbocycles. The molecule has 98 valence electrons. The van der Waals surface area contributed by atoms with Gasteiger partial charge < -0.3 is 5.11 Å². The van der Waals surface area contributed by atoms with E-state index in [9.17, 15) is 9.18 Å². The average Bonchev–Trinajstić information content (AvgIpc) is 2.82. The number of carboxylic acids is 1. The van der Waals surface area contributed by atoms with Gasteiger partial charge in [0.15, 0.2) is 0 Å². The zero-order valence-corrected chi connectivity index (χ0v) is 11.5. The van der Waals surface area contributed by atoms with E-state index in [2.05, 4.69) is 20.8 Å². The average molecular weight is 316 g/mol. The number of rotatable bonds is 4. The molecule has 5 heteroatoms. The molecule has 1 aliphatic heterocycles. The Bertz CT molecular complexity index is 447. The Labute approximate surface area is 114 Å². The van der Waals surface area contributed by atoms with Gasteiger partial charge in [-0.2, -0.15) is 0 Å². The number of carboxylic acid groups (broad SMARTS) is 1. The molecule has 1 unspecified atom stereocenters. The highest BCUT2D eigenvalue weighted by atomic mass is 79.9. The predicted octanol–water partition coefficient (Wildman–Crippen LogP) is 3.20. The Balaban J connectivity index is 2.31. The molecule has 1 saturated heterocycles. The van der Waals surface area contributed by atoms with Gasteiger partial charge in [0.2, 0.25) is 0 Å². The van der Waals surface area contributed by atoms with Crippen molar-refractivity contribution < 1.29 is 14.3 Å². The van der Waals surface area contributed by atoms with Crippen LogP contribution in [0.1, 0.15) is 30.9 Å². The van der Waals surface area contributed by atoms with E-state index in [1.807, 2.05) is 0 Å². The third-order valence-electron chi connectivity index (χ3n) is 3.27. The molecule has 0 amide bonds. The molecule has 1 fully saturated rings. The highest BCUT2D eigenvalue weighted by Gasteiger charge is 2.27. The Morgan fingerprint density at radius 1 is 1.44 bits per heavy atom. The molecule has 1 aromatic carbocycles. The largest absolute Gasteiger partial charge is 0.481 e. The number of benzene rings is 1. The molecule has 0 radical (unpaired) electrons. The fraction of sp³-hybridized carbons (Fsp3) is 0.462. The van der Waals surface area contributed by atoms with Crippen LogP contribution in [-0.4, -0.2) is 29.1 Å². The van der Waals surface area contributed by atoms with Crippen molar-refractivity contribution in [2.75, 3.05) is 13.1 Å². The fourth-order valence-corrected chi connectivity index (χ4v) is 2.94. The van der Waals surface area contributed by atoms with Gasteiger partial charge >= 0.3 is 5.97 Å². The monoisotopic (exact) mass is 315 g/mol. The fourth-order valence-electron chi connectivity index (χ4n) is 2.42. The van der Waals surface area contributed by atoms with Gasteiger partial charge in [0, 0.05) is 10.5 Å². The van der Waals surface area contributed by atoms with Crippen molar-refractivity contribution in [1.82, 2.24) is 4.90 Å². The smallest absolute Gasteiger partial charge is 0.305 e. The predicted molar refractivity (Wildman–Crippen MR) is 69.9 cm³/mol. The third-order valence-corrected chi connectivity index (χ3v) is 3.99. The van der Waals surface area contributed by atoms with Gasteiger partial charge in [-0.15, -0.1) is 0 Å². The van der Waals surface area contributed by atoms with E-state index in [0.717, 1.165) is 36.0 Å². The highest BCUT2D eigenvalue weighted by Crippen LogP contribution is 2.33. The second kappa shape index (κ2) is 5.80. The van der Waals surface area contributed by atoms with Crippen molar-refractivity contribution in [3.8, 4) is 0 Å². The summed E-state index contributed by atoms with van der Waals surface area (Å²) in [6.45, 7) is 1.75. The zero-order chi connectivity index (χ0) is 13.1. The molecular weight excluding hydrogens is 301 g/mol. The Hall–Kier alpha value is -0.940. The van der Waals surface area contributed by atoms with Crippen LogP contribution in [0.25, 0.3) is 0 Å². The molecule has 1 heterocycles. The van der Waals surface area contributed by atoms with Gasteiger partial charge in [0.1, 0.15) is 5.82 Å². The molecule has 1 atom stereocenters. The Morgan fingerprint density at radius 2 is 2.11 bits per heavy atom. The van der Waals surface area contributed by atoms with Gasteiger partial charge in [-0.25, -0.2) is 4.39 Å². The first-order valence-electron chi connectivity index (χ1n) is 5.98. The maximum atomic E-state index is 13.3. The van der Waals surface area contributed by atoms with E-state index >= 15 is 0 Å². The molecule has 1 aromatic rings. The van der Waals surface area contributed by atoms with E-state index in [1.54, 1.807) is 6.07 Å². The van der Waals surface area contributed by atoms with Crippen molar-refractivity contribution in [3.63, 3.8) is 0 Å². The van der Waals surface area contributed by atoms with Gasteiger partial charge in [-0.1, -0.05) is 15.9 Å². The minimum atomic E-state index is -0.858. The SMILES string of the molecule is O=C(O)CC(c1cc(F)ccc1Br)N1CCCC1. The lowest BCUT2D eigenvalue weighted by molar-refractivity contribution is -0.138. The van der Waals surface area contributed by atoms with Gasteiger partial charge in [-0.05, 0) is 49.7 Å². The Morgan fingerprint density at radius 3 is 2.72 bits per heavy atom. The molecule has 3 nitrogen and oxygen atoms in total. The van der Waals surface area contributed by atoms with Crippen LogP contribution in [0.15, 0.2) is 22.7 Å². The lowest BCUT2D eigenvalue weighted by atomic mass is 10.0. The summed E-state index contributed by atoms with van der Waals surface area (Å²) in [5, 5.41) is 9.03. The van der Waals surface area contributed by atoms with Crippen molar-refractivity contribution in [1.29, 1.82) is 0 Å². The first-order valence-corrected chi connectivity index (χ1v) is 6.78. The van der Waals surface area contributed by atoms with Crippen molar-refractivity contribution in [3.05, 3.63) is 34.1 Å². The number of halogens is 2. The first-order chi connectivity index (χ1) is 8.58. The molecule has 0 bridgehead atoms. The molecule has 1 aliphatic rings. The van der Waals surface area contributed by atoms with Crippen molar-refractivity contribution >= 4 is 21.9 Å². The second-order valence-electron chi connectivity index (χ2n) is 4.52. The van der Waals surface area contributed by atoms with Crippen molar-refractivity contribution in [2.45, 2.75) is 25.3 Å². The normalized spacial score (nSPS) is 17.9. The van der Waals surface area contributed by atoms with Crippen LogP contribution in [0.2, 0.25) is 0 Å². The molecule has 0 spiro atoms. The quantitative estimate of drug-likeness (QED) is 0.927. The maximum Gasteiger partial charge on any atom is 0.305 e. The number of likely N-dealkylation sites (tertiary alicyclic amines) is 1. The summed E-state index contributed by atoms with van der Waals surface area (Å²) in [6, 6.07) is 4.18. The molecule has 1 N–H and O–H groups in total. The number of hydrogen-bond acceptors (Lipinski definition) is 2. The van der Waals surface area contributed by atoms with E-state index in [-0.39, 0.29) is 18.3 Å². The van der Waals surface area contributed by atoms with Gasteiger partial charge in [-0.3, -0.25) is 9.69 Å². The maximum absolute atomic E-state index is 13.3. The van der Waals surface area contributed by atoms with E-state index in [0.29, 0.717) is 0 Å². The topological polar surface area (TPSA) is 40.5 Å². The standard InChI is InChI=1S/C13H15BrFNO2/c14-11-4-3-9(15)7-10(11)12(8-13(17)18)16-5-1-2-6-16/h3-4,7,12H,1-2,5-6,8H2,(H,17,18). The van der Waals surface area contributed by atoms with Crippen LogP contribution >= 0.6 is 15.9 Å².